The number of benzene rings is 1. The van der Waals surface area contributed by atoms with Crippen LogP contribution in [0.5, 0.6) is 0 Å². The highest BCUT2D eigenvalue weighted by atomic mass is 35.5. The van der Waals surface area contributed by atoms with Crippen LogP contribution in [-0.4, -0.2) is 17.8 Å². The third kappa shape index (κ3) is 3.41. The molecule has 1 aliphatic heterocycles. The van der Waals surface area contributed by atoms with E-state index >= 15 is 0 Å². The smallest absolute Gasteiger partial charge is 0.374 e. The fourth-order valence-electron chi connectivity index (χ4n) is 3.88. The molecular formula is C19H15Cl2F3N2O2S. The molecule has 1 aliphatic carbocycles. The molecule has 29 heavy (non-hydrogen) atoms. The number of alkyl halides is 3. The van der Waals surface area contributed by atoms with Crippen LogP contribution in [0.3, 0.4) is 0 Å². The van der Waals surface area contributed by atoms with Crippen molar-refractivity contribution in [1.82, 2.24) is 0 Å². The number of amides is 1. The Kier molecular flexibility index (Phi) is 5.07. The number of hydrogen-bond donors (Lipinski definition) is 1. The van der Waals surface area contributed by atoms with Gasteiger partial charge in [-0.2, -0.15) is 13.2 Å². The highest BCUT2D eigenvalue weighted by Crippen LogP contribution is 2.51. The molecule has 0 bridgehead atoms. The zero-order valence-electron chi connectivity index (χ0n) is 14.9. The molecular weight excluding hydrogens is 448 g/mol. The summed E-state index contributed by atoms with van der Waals surface area (Å²) in [5.41, 5.74) is 4.38. The van der Waals surface area contributed by atoms with Gasteiger partial charge < -0.3 is 10.6 Å². The van der Waals surface area contributed by atoms with E-state index < -0.39 is 24.1 Å². The van der Waals surface area contributed by atoms with Gasteiger partial charge in [0.05, 0.1) is 16.2 Å². The van der Waals surface area contributed by atoms with Gasteiger partial charge in [-0.05, 0) is 55.0 Å². The van der Waals surface area contributed by atoms with Gasteiger partial charge in [-0.3, -0.25) is 4.79 Å². The van der Waals surface area contributed by atoms with Crippen molar-refractivity contribution in [2.75, 3.05) is 0 Å². The summed E-state index contributed by atoms with van der Waals surface area (Å²) in [6, 6.07) is 3.71. The summed E-state index contributed by atoms with van der Waals surface area (Å²) in [5, 5.41) is 3.95. The molecule has 2 aliphatic rings. The molecule has 4 nitrogen and oxygen atoms in total. The molecule has 1 aromatic heterocycles. The first-order valence-corrected chi connectivity index (χ1v) is 10.4. The lowest BCUT2D eigenvalue weighted by Gasteiger charge is -2.29. The maximum Gasteiger partial charge on any atom is 0.435 e. The molecule has 154 valence electrons. The van der Waals surface area contributed by atoms with E-state index in [1.165, 1.54) is 18.2 Å². The van der Waals surface area contributed by atoms with E-state index in [9.17, 15) is 18.0 Å². The molecule has 2 heterocycles. The van der Waals surface area contributed by atoms with Crippen molar-refractivity contribution in [3.63, 3.8) is 0 Å². The summed E-state index contributed by atoms with van der Waals surface area (Å²) in [5.74, 6) is -0.581. The average molecular weight is 463 g/mol. The summed E-state index contributed by atoms with van der Waals surface area (Å²) < 4.78 is 42.5. The number of halogens is 5. The number of nitrogens with two attached hydrogens (primary N) is 1. The lowest BCUT2D eigenvalue weighted by Crippen LogP contribution is -2.42. The number of thiophene rings is 1. The van der Waals surface area contributed by atoms with Gasteiger partial charge in [-0.1, -0.05) is 28.4 Å². The molecule has 1 atom stereocenters. The molecule has 0 radical (unpaired) electrons. The number of carbonyl (C=O) groups is 1. The van der Waals surface area contributed by atoms with Crippen LogP contribution in [0, 0.1) is 0 Å². The maximum atomic E-state index is 14.2. The number of primary amides is 1. The van der Waals surface area contributed by atoms with Gasteiger partial charge in [0.1, 0.15) is 5.71 Å². The van der Waals surface area contributed by atoms with Gasteiger partial charge in [0, 0.05) is 15.6 Å². The Hall–Kier alpha value is -1.77. The predicted octanol–water partition coefficient (Wildman–Crippen LogP) is 5.61. The first-order chi connectivity index (χ1) is 13.6. The first kappa shape index (κ1) is 20.5. The molecule has 10 heteroatoms. The van der Waals surface area contributed by atoms with Gasteiger partial charge in [-0.25, -0.2) is 0 Å². The third-order valence-electron chi connectivity index (χ3n) is 5.22. The Balaban J connectivity index is 1.79. The second-order valence-electron chi connectivity index (χ2n) is 7.08. The molecule has 4 rings (SSSR count). The number of rotatable bonds is 3. The summed E-state index contributed by atoms with van der Waals surface area (Å²) in [7, 11) is 0. The van der Waals surface area contributed by atoms with Crippen molar-refractivity contribution in [3.05, 3.63) is 54.7 Å². The second-order valence-corrected chi connectivity index (χ2v) is 8.97. The van der Waals surface area contributed by atoms with E-state index in [4.69, 9.17) is 33.8 Å². The molecule has 2 N–H and O–H groups in total. The zero-order chi connectivity index (χ0) is 21.0. The van der Waals surface area contributed by atoms with Crippen LogP contribution in [-0.2, 0) is 23.3 Å². The fraction of sp³-hybridized carbons (Fsp3) is 0.368. The number of carbonyl (C=O) groups excluding carboxylic acids is 1. The molecule has 1 amide bonds. The van der Waals surface area contributed by atoms with Crippen molar-refractivity contribution in [2.24, 2.45) is 10.9 Å². The Morgan fingerprint density at radius 1 is 1.14 bits per heavy atom. The fourth-order valence-corrected chi connectivity index (χ4v) is 5.63. The normalized spacial score (nSPS) is 21.5. The van der Waals surface area contributed by atoms with Gasteiger partial charge in [-0.15, -0.1) is 11.3 Å². The van der Waals surface area contributed by atoms with Gasteiger partial charge in [0.15, 0.2) is 0 Å². The van der Waals surface area contributed by atoms with Crippen molar-refractivity contribution < 1.29 is 22.8 Å². The standard InChI is InChI=1S/C19H15Cl2F3N2O2S/c20-10-5-9(6-11(21)7-10)18(19(22,23)24)8-14(26-28-18)15-12-3-1-2-4-13(12)16(29-15)17(25)27/h5-7H,1-4,8H2,(H2,25,27). The number of fused-ring (bicyclic) bond motifs is 1. The quantitative estimate of drug-likeness (QED) is 0.643. The van der Waals surface area contributed by atoms with E-state index in [1.54, 1.807) is 0 Å². The first-order valence-electron chi connectivity index (χ1n) is 8.85. The highest BCUT2D eigenvalue weighted by molar-refractivity contribution is 7.16. The van der Waals surface area contributed by atoms with E-state index in [0.717, 1.165) is 35.3 Å². The van der Waals surface area contributed by atoms with E-state index in [2.05, 4.69) is 5.16 Å². The van der Waals surface area contributed by atoms with E-state index in [1.807, 2.05) is 0 Å². The maximum absolute atomic E-state index is 14.2. The summed E-state index contributed by atoms with van der Waals surface area (Å²) in [4.78, 5) is 17.8. The molecule has 0 fully saturated rings. The van der Waals surface area contributed by atoms with Gasteiger partial charge >= 0.3 is 6.18 Å². The topological polar surface area (TPSA) is 64.7 Å². The van der Waals surface area contributed by atoms with Crippen molar-refractivity contribution in [1.29, 1.82) is 0 Å². The molecule has 2 aromatic rings. The van der Waals surface area contributed by atoms with Crippen molar-refractivity contribution >= 4 is 46.2 Å². The van der Waals surface area contributed by atoms with Crippen LogP contribution in [0.25, 0.3) is 0 Å². The van der Waals surface area contributed by atoms with Gasteiger partial charge in [0.2, 0.25) is 0 Å². The lowest BCUT2D eigenvalue weighted by atomic mass is 9.85. The molecule has 0 spiro atoms. The molecule has 0 saturated carbocycles. The van der Waals surface area contributed by atoms with E-state index in [-0.39, 0.29) is 21.3 Å². The van der Waals surface area contributed by atoms with Crippen molar-refractivity contribution in [3.8, 4) is 0 Å². The summed E-state index contributed by atoms with van der Waals surface area (Å²) in [6.07, 6.45) is -2.19. The summed E-state index contributed by atoms with van der Waals surface area (Å²) in [6.45, 7) is 0. The van der Waals surface area contributed by atoms with Crippen LogP contribution in [0.1, 0.15) is 50.5 Å². The lowest BCUT2D eigenvalue weighted by molar-refractivity contribution is -0.275. The van der Waals surface area contributed by atoms with Crippen molar-refractivity contribution in [2.45, 2.75) is 43.9 Å². The SMILES string of the molecule is NC(=O)c1sc(C2=NOC(c3cc(Cl)cc(Cl)c3)(C(F)(F)F)C2)c2c1CCCC2. The molecule has 1 aromatic carbocycles. The number of oxime groups is 1. The Morgan fingerprint density at radius 3 is 2.34 bits per heavy atom. The molecule has 0 saturated heterocycles. The zero-order valence-corrected chi connectivity index (χ0v) is 17.2. The third-order valence-corrected chi connectivity index (χ3v) is 7.00. The largest absolute Gasteiger partial charge is 0.435 e. The monoisotopic (exact) mass is 462 g/mol. The van der Waals surface area contributed by atoms with Crippen LogP contribution in [0.15, 0.2) is 23.4 Å². The Bertz CT molecular complexity index is 1010. The van der Waals surface area contributed by atoms with E-state index in [0.29, 0.717) is 22.6 Å². The van der Waals surface area contributed by atoms with Crippen LogP contribution < -0.4 is 5.73 Å². The predicted molar refractivity (Wildman–Crippen MR) is 106 cm³/mol. The average Bonchev–Trinajstić information content (AvgIpc) is 3.23. The second kappa shape index (κ2) is 7.18. The Labute approximate surface area is 178 Å². The minimum Gasteiger partial charge on any atom is -0.374 e. The minimum absolute atomic E-state index is 0.0673. The Morgan fingerprint density at radius 2 is 1.76 bits per heavy atom. The van der Waals surface area contributed by atoms with Gasteiger partial charge in [0.25, 0.3) is 11.5 Å². The number of nitrogens with zero attached hydrogens (tertiary/aromatic N) is 1. The number of hydrogen-bond acceptors (Lipinski definition) is 4. The van der Waals surface area contributed by atoms with Crippen LogP contribution in [0.2, 0.25) is 10.0 Å². The van der Waals surface area contributed by atoms with Crippen LogP contribution in [0.4, 0.5) is 13.2 Å². The minimum atomic E-state index is -4.77. The van der Waals surface area contributed by atoms with Crippen LogP contribution >= 0.6 is 34.5 Å². The molecule has 1 unspecified atom stereocenters. The summed E-state index contributed by atoms with van der Waals surface area (Å²) >= 11 is 13.0. The highest BCUT2D eigenvalue weighted by Gasteiger charge is 2.62.